The number of esters is 2. The number of carbonyl (C=O) groups excluding carboxylic acids is 2. The minimum Gasteiger partial charge on any atom is -0.462 e. The molecule has 0 bridgehead atoms. The van der Waals surface area contributed by atoms with E-state index in [4.69, 9.17) is 28.4 Å². The summed E-state index contributed by atoms with van der Waals surface area (Å²) in [4.78, 5) is 25.7. The molecule has 2 fully saturated rings. The first-order chi connectivity index (χ1) is 33.5. The molecule has 0 aromatic carbocycles. The Bertz CT molecular complexity index is 1430. The van der Waals surface area contributed by atoms with Crippen molar-refractivity contribution in [2.45, 2.75) is 242 Å². The smallest absolute Gasteiger partial charge is 0.310 e. The van der Waals surface area contributed by atoms with Crippen molar-refractivity contribution in [2.75, 3.05) is 26.4 Å². The Morgan fingerprint density at radius 3 is 1.38 bits per heavy atom. The maximum Gasteiger partial charge on any atom is 0.310 e. The summed E-state index contributed by atoms with van der Waals surface area (Å²) >= 11 is 0. The topological polar surface area (TPSA) is 231 Å². The number of rotatable bonds is 40. The predicted octanol–water partition coefficient (Wildman–Crippen LogP) is 7.66. The monoisotopic (exact) mass is 981 g/mol. The summed E-state index contributed by atoms with van der Waals surface area (Å²) in [6, 6.07) is 0. The highest BCUT2D eigenvalue weighted by molar-refractivity contribution is 5.71. The molecule has 2 aliphatic heterocycles. The highest BCUT2D eigenvalue weighted by atomic mass is 16.7. The minimum absolute atomic E-state index is 0.0674. The van der Waals surface area contributed by atoms with E-state index in [0.29, 0.717) is 12.8 Å². The third kappa shape index (κ3) is 28.7. The fraction of sp³-hybridized carbons (Fsp3) is 0.778. The molecule has 2 aliphatic rings. The lowest BCUT2D eigenvalue weighted by Gasteiger charge is -2.42. The van der Waals surface area contributed by atoms with Crippen LogP contribution in [-0.2, 0) is 38.0 Å². The van der Waals surface area contributed by atoms with Gasteiger partial charge in [0.25, 0.3) is 0 Å². The molecule has 15 heteroatoms. The van der Waals surface area contributed by atoms with E-state index in [9.17, 15) is 45.3 Å². The number of ether oxygens (including phenoxy) is 6. The molecule has 0 spiro atoms. The van der Waals surface area contributed by atoms with Crippen LogP contribution in [0.2, 0.25) is 0 Å². The van der Waals surface area contributed by atoms with Gasteiger partial charge >= 0.3 is 11.9 Å². The second-order valence-electron chi connectivity index (χ2n) is 18.3. The average molecular weight is 981 g/mol. The van der Waals surface area contributed by atoms with Crippen molar-refractivity contribution in [3.8, 4) is 0 Å². The molecular formula is C54H92O15. The Morgan fingerprint density at radius 2 is 0.899 bits per heavy atom. The summed E-state index contributed by atoms with van der Waals surface area (Å²) in [7, 11) is 0. The Labute approximate surface area is 413 Å². The maximum atomic E-state index is 12.9. The Hall–Kier alpha value is -2.80. The molecule has 0 aliphatic carbocycles. The van der Waals surface area contributed by atoms with Gasteiger partial charge in [-0.05, 0) is 38.5 Å². The molecule has 2 heterocycles. The van der Waals surface area contributed by atoms with Crippen molar-refractivity contribution in [2.24, 2.45) is 0 Å². The molecule has 0 saturated carbocycles. The van der Waals surface area contributed by atoms with Crippen LogP contribution in [0.4, 0.5) is 0 Å². The fourth-order valence-electron chi connectivity index (χ4n) is 8.00. The van der Waals surface area contributed by atoms with Crippen LogP contribution in [0.25, 0.3) is 0 Å². The van der Waals surface area contributed by atoms with E-state index in [1.165, 1.54) is 89.9 Å². The van der Waals surface area contributed by atoms with Gasteiger partial charge in [-0.15, -0.1) is 0 Å². The van der Waals surface area contributed by atoms with Gasteiger partial charge in [-0.3, -0.25) is 9.59 Å². The van der Waals surface area contributed by atoms with Crippen LogP contribution in [-0.4, -0.2) is 142 Å². The zero-order valence-electron chi connectivity index (χ0n) is 42.0. The van der Waals surface area contributed by atoms with Gasteiger partial charge in [0.15, 0.2) is 18.7 Å². The molecular weight excluding hydrogens is 889 g/mol. The van der Waals surface area contributed by atoms with Gasteiger partial charge in [0, 0.05) is 6.42 Å². The normalized spacial score (nSPS) is 26.0. The average Bonchev–Trinajstić information content (AvgIpc) is 3.34. The summed E-state index contributed by atoms with van der Waals surface area (Å²) in [6.07, 6.45) is 30.0. The highest BCUT2D eigenvalue weighted by Crippen LogP contribution is 2.26. The van der Waals surface area contributed by atoms with Crippen LogP contribution in [0.5, 0.6) is 0 Å². The molecule has 0 amide bonds. The molecule has 69 heavy (non-hydrogen) atoms. The van der Waals surface area contributed by atoms with Crippen LogP contribution in [0.15, 0.2) is 60.8 Å². The molecule has 11 atom stereocenters. The van der Waals surface area contributed by atoms with Gasteiger partial charge in [0.1, 0.15) is 55.4 Å². The maximum absolute atomic E-state index is 12.9. The summed E-state index contributed by atoms with van der Waals surface area (Å²) in [5.74, 6) is -1.07. The number of hydrogen-bond donors (Lipinski definition) is 7. The molecule has 15 nitrogen and oxygen atoms in total. The van der Waals surface area contributed by atoms with E-state index >= 15 is 0 Å². The van der Waals surface area contributed by atoms with Crippen LogP contribution in [0.1, 0.15) is 174 Å². The summed E-state index contributed by atoms with van der Waals surface area (Å²) in [5, 5.41) is 72.1. The van der Waals surface area contributed by atoms with Crippen molar-refractivity contribution < 1.29 is 73.8 Å². The largest absolute Gasteiger partial charge is 0.462 e. The fourth-order valence-corrected chi connectivity index (χ4v) is 8.00. The Morgan fingerprint density at radius 1 is 0.478 bits per heavy atom. The van der Waals surface area contributed by atoms with Gasteiger partial charge < -0.3 is 64.2 Å². The third-order valence-corrected chi connectivity index (χ3v) is 12.3. The lowest BCUT2D eigenvalue weighted by atomic mass is 9.98. The third-order valence-electron chi connectivity index (χ3n) is 12.3. The van der Waals surface area contributed by atoms with Crippen molar-refractivity contribution in [3.05, 3.63) is 60.8 Å². The Kier molecular flexibility index (Phi) is 36.8. The van der Waals surface area contributed by atoms with Crippen LogP contribution < -0.4 is 0 Å². The number of hydrogen-bond acceptors (Lipinski definition) is 15. The summed E-state index contributed by atoms with van der Waals surface area (Å²) in [5.41, 5.74) is 0. The lowest BCUT2D eigenvalue weighted by molar-refractivity contribution is -0.332. The summed E-state index contributed by atoms with van der Waals surface area (Å²) < 4.78 is 33.4. The zero-order chi connectivity index (χ0) is 50.3. The molecule has 11 unspecified atom stereocenters. The van der Waals surface area contributed by atoms with Crippen LogP contribution in [0, 0.1) is 0 Å². The quantitative estimate of drug-likeness (QED) is 0.0178. The first kappa shape index (κ1) is 62.3. The Balaban J connectivity index is 1.82. The second-order valence-corrected chi connectivity index (χ2v) is 18.3. The van der Waals surface area contributed by atoms with Crippen molar-refractivity contribution in [1.82, 2.24) is 0 Å². The predicted molar refractivity (Wildman–Crippen MR) is 266 cm³/mol. The first-order valence-electron chi connectivity index (χ1n) is 26.4. The van der Waals surface area contributed by atoms with E-state index in [1.54, 1.807) is 6.08 Å². The van der Waals surface area contributed by atoms with Gasteiger partial charge in [-0.25, -0.2) is 0 Å². The molecule has 0 radical (unpaired) electrons. The highest BCUT2D eigenvalue weighted by Gasteiger charge is 2.47. The van der Waals surface area contributed by atoms with Crippen molar-refractivity contribution in [3.63, 3.8) is 0 Å². The van der Waals surface area contributed by atoms with Gasteiger partial charge in [0.05, 0.1) is 26.2 Å². The minimum atomic E-state index is -1.78. The van der Waals surface area contributed by atoms with Crippen LogP contribution in [0.3, 0.4) is 0 Å². The van der Waals surface area contributed by atoms with Gasteiger partial charge in [0.2, 0.25) is 0 Å². The molecule has 7 N–H and O–H groups in total. The van der Waals surface area contributed by atoms with E-state index in [1.807, 2.05) is 18.2 Å². The molecule has 0 aromatic heterocycles. The van der Waals surface area contributed by atoms with Crippen molar-refractivity contribution >= 4 is 11.9 Å². The van der Waals surface area contributed by atoms with E-state index < -0.39 is 99.3 Å². The molecule has 0 aromatic rings. The van der Waals surface area contributed by atoms with Gasteiger partial charge in [-0.2, -0.15) is 0 Å². The number of aliphatic hydroxyl groups excluding tert-OH is 7. The van der Waals surface area contributed by atoms with E-state index in [0.717, 1.165) is 44.9 Å². The second kappa shape index (κ2) is 40.8. The lowest BCUT2D eigenvalue weighted by Crippen LogP contribution is -2.61. The van der Waals surface area contributed by atoms with Crippen molar-refractivity contribution in [1.29, 1.82) is 0 Å². The van der Waals surface area contributed by atoms with Crippen LogP contribution >= 0.6 is 0 Å². The summed E-state index contributed by atoms with van der Waals surface area (Å²) in [6.45, 7) is 2.38. The first-order valence-corrected chi connectivity index (χ1v) is 26.4. The molecule has 398 valence electrons. The number of unbranched alkanes of at least 4 members (excludes halogenated alkanes) is 17. The standard InChI is InChI=1S/C54H92O15/c1-3-5-7-9-11-13-15-17-19-20-21-23-24-26-28-30-32-34-36-45(56)64-39-42(67-46(57)37-35-33-31-29-27-25-22-18-16-14-12-10-8-6-4-2)40-65-53-52(63)50(61)48(59)44(69-53)41-66-54-51(62)49(60)47(58)43(38-55)68-54/h6,8,12,14,18,22,27,29,33,35,42-44,47-55,58-63H,3-5,7,9-11,13,15-17,19-21,23-26,28,30-32,34,36-41H2,1-2H3/b8-6-,14-12-,22-18-,29-27-,35-33-. The zero-order valence-corrected chi connectivity index (χ0v) is 42.0. The van der Waals surface area contributed by atoms with E-state index in [-0.39, 0.29) is 19.4 Å². The molecule has 2 rings (SSSR count). The number of aliphatic hydroxyl groups is 7. The molecule has 2 saturated heterocycles. The number of carbonyl (C=O) groups is 2. The number of allylic oxidation sites excluding steroid dienone is 9. The SMILES string of the molecule is CC/C=C\C/C=C\C/C=C\C/C=C\C/C=C\CC(=O)OC(COC(=O)CCCCCCCCCCCCCCCCCCCC)COC1OC(COC2OC(CO)C(O)C(O)C2O)C(O)C(O)C1O. The van der Waals surface area contributed by atoms with E-state index in [2.05, 4.69) is 50.3 Å². The van der Waals surface area contributed by atoms with Gasteiger partial charge in [-0.1, -0.05) is 184 Å².